The van der Waals surface area contributed by atoms with Gasteiger partial charge < -0.3 is 9.73 Å². The zero-order chi connectivity index (χ0) is 17.8. The number of anilines is 1. The van der Waals surface area contributed by atoms with Crippen LogP contribution in [-0.4, -0.2) is 16.1 Å². The van der Waals surface area contributed by atoms with Crippen molar-refractivity contribution in [1.82, 2.24) is 10.2 Å². The molecule has 3 aromatic rings. The molecule has 0 aliphatic rings. The molecule has 0 bridgehead atoms. The summed E-state index contributed by atoms with van der Waals surface area (Å²) < 4.78 is 5.17. The van der Waals surface area contributed by atoms with Crippen molar-refractivity contribution >= 4 is 40.9 Å². The second kappa shape index (κ2) is 7.51. The van der Waals surface area contributed by atoms with E-state index >= 15 is 0 Å². The summed E-state index contributed by atoms with van der Waals surface area (Å²) in [5.41, 5.74) is 2.95. The monoisotopic (exact) mass is 373 g/mol. The van der Waals surface area contributed by atoms with Crippen LogP contribution in [0.3, 0.4) is 0 Å². The molecule has 2 aromatic carbocycles. The van der Waals surface area contributed by atoms with E-state index in [0.717, 1.165) is 11.1 Å². The standard InChI is InChI=1S/C18H13Cl2N3O2/c1-11-5-6-13(18-23-21-10-25-18)9-15(11)22-16(24)8-7-12-3-2-4-14(19)17(12)20/h2-10H,1H3,(H,22,24)/b8-7+. The number of halogens is 2. The minimum Gasteiger partial charge on any atom is -0.423 e. The average Bonchev–Trinajstić information content (AvgIpc) is 3.13. The first-order valence-corrected chi connectivity index (χ1v) is 8.10. The van der Waals surface area contributed by atoms with Gasteiger partial charge in [-0.25, -0.2) is 0 Å². The fourth-order valence-corrected chi connectivity index (χ4v) is 2.55. The third-order valence-corrected chi connectivity index (χ3v) is 4.33. The number of carbonyl (C=O) groups excluding carboxylic acids is 1. The molecule has 1 amide bonds. The summed E-state index contributed by atoms with van der Waals surface area (Å²) in [7, 11) is 0. The van der Waals surface area contributed by atoms with Crippen LogP contribution in [0.15, 0.2) is 53.3 Å². The van der Waals surface area contributed by atoms with Crippen molar-refractivity contribution in [3.8, 4) is 11.5 Å². The molecule has 126 valence electrons. The number of amides is 1. The Morgan fingerprint density at radius 3 is 2.84 bits per heavy atom. The first-order chi connectivity index (χ1) is 12.0. The smallest absolute Gasteiger partial charge is 0.248 e. The number of nitrogens with zero attached hydrogens (tertiary/aromatic N) is 2. The number of aromatic nitrogens is 2. The molecule has 0 fully saturated rings. The molecule has 1 heterocycles. The molecule has 0 radical (unpaired) electrons. The van der Waals surface area contributed by atoms with E-state index in [1.807, 2.05) is 19.1 Å². The van der Waals surface area contributed by atoms with E-state index in [9.17, 15) is 4.79 Å². The second-order valence-corrected chi connectivity index (χ2v) is 6.02. The zero-order valence-corrected chi connectivity index (χ0v) is 14.7. The summed E-state index contributed by atoms with van der Waals surface area (Å²) in [4.78, 5) is 12.2. The van der Waals surface area contributed by atoms with Crippen LogP contribution in [0, 0.1) is 6.92 Å². The third kappa shape index (κ3) is 4.07. The van der Waals surface area contributed by atoms with Crippen LogP contribution in [-0.2, 0) is 4.79 Å². The topological polar surface area (TPSA) is 68.0 Å². The molecular formula is C18H13Cl2N3O2. The Bertz CT molecular complexity index is 937. The first kappa shape index (κ1) is 17.2. The van der Waals surface area contributed by atoms with E-state index in [-0.39, 0.29) is 5.91 Å². The van der Waals surface area contributed by atoms with Gasteiger partial charge in [0.25, 0.3) is 0 Å². The lowest BCUT2D eigenvalue weighted by molar-refractivity contribution is -0.111. The molecule has 3 rings (SSSR count). The summed E-state index contributed by atoms with van der Waals surface area (Å²) in [6, 6.07) is 10.7. The van der Waals surface area contributed by atoms with Crippen molar-refractivity contribution in [2.75, 3.05) is 5.32 Å². The van der Waals surface area contributed by atoms with Gasteiger partial charge in [0.1, 0.15) is 0 Å². The number of benzene rings is 2. The maximum Gasteiger partial charge on any atom is 0.248 e. The van der Waals surface area contributed by atoms with Crippen molar-refractivity contribution in [3.05, 3.63) is 70.0 Å². The Kier molecular flexibility index (Phi) is 5.16. The minimum absolute atomic E-state index is 0.290. The molecule has 0 saturated carbocycles. The Hall–Kier alpha value is -2.63. The molecule has 0 atom stereocenters. The first-order valence-electron chi connectivity index (χ1n) is 7.35. The lowest BCUT2D eigenvalue weighted by atomic mass is 10.1. The van der Waals surface area contributed by atoms with Crippen LogP contribution in [0.2, 0.25) is 10.0 Å². The number of hydrogen-bond acceptors (Lipinski definition) is 4. The zero-order valence-electron chi connectivity index (χ0n) is 13.2. The second-order valence-electron chi connectivity index (χ2n) is 5.24. The summed E-state index contributed by atoms with van der Waals surface area (Å²) in [5, 5.41) is 11.2. The van der Waals surface area contributed by atoms with Crippen molar-refractivity contribution in [2.24, 2.45) is 0 Å². The summed E-state index contributed by atoms with van der Waals surface area (Å²) in [5.74, 6) is 0.0959. The number of hydrogen-bond donors (Lipinski definition) is 1. The molecule has 25 heavy (non-hydrogen) atoms. The van der Waals surface area contributed by atoms with Crippen molar-refractivity contribution in [3.63, 3.8) is 0 Å². The molecule has 0 unspecified atom stereocenters. The molecule has 1 N–H and O–H groups in total. The molecule has 0 saturated heterocycles. The molecule has 0 spiro atoms. The van der Waals surface area contributed by atoms with Gasteiger partial charge in [0.05, 0.1) is 10.0 Å². The van der Waals surface area contributed by atoms with Crippen LogP contribution in [0.5, 0.6) is 0 Å². The van der Waals surface area contributed by atoms with Gasteiger partial charge in [0.2, 0.25) is 18.2 Å². The summed E-state index contributed by atoms with van der Waals surface area (Å²) in [6.45, 7) is 1.89. The van der Waals surface area contributed by atoms with Crippen molar-refractivity contribution < 1.29 is 9.21 Å². The normalized spacial score (nSPS) is 11.0. The van der Waals surface area contributed by atoms with Gasteiger partial charge in [-0.1, -0.05) is 41.4 Å². The molecule has 0 aliphatic carbocycles. The summed E-state index contributed by atoms with van der Waals surface area (Å²) in [6.07, 6.45) is 4.27. The van der Waals surface area contributed by atoms with Crippen LogP contribution in [0.4, 0.5) is 5.69 Å². The number of rotatable bonds is 4. The van der Waals surface area contributed by atoms with Crippen molar-refractivity contribution in [2.45, 2.75) is 6.92 Å². The fraction of sp³-hybridized carbons (Fsp3) is 0.0556. The highest BCUT2D eigenvalue weighted by Gasteiger charge is 2.08. The Morgan fingerprint density at radius 2 is 2.08 bits per heavy atom. The van der Waals surface area contributed by atoms with Gasteiger partial charge in [0.15, 0.2) is 0 Å². The maximum atomic E-state index is 12.2. The highest BCUT2D eigenvalue weighted by Crippen LogP contribution is 2.27. The van der Waals surface area contributed by atoms with Gasteiger partial charge >= 0.3 is 0 Å². The van der Waals surface area contributed by atoms with Crippen LogP contribution in [0.1, 0.15) is 11.1 Å². The minimum atomic E-state index is -0.290. The summed E-state index contributed by atoms with van der Waals surface area (Å²) >= 11 is 12.1. The third-order valence-electron chi connectivity index (χ3n) is 3.50. The molecule has 7 heteroatoms. The fourth-order valence-electron chi connectivity index (χ4n) is 2.18. The average molecular weight is 374 g/mol. The Morgan fingerprint density at radius 1 is 1.24 bits per heavy atom. The Balaban J connectivity index is 1.78. The van der Waals surface area contributed by atoms with E-state index < -0.39 is 0 Å². The number of aryl methyl sites for hydroxylation is 1. The predicted octanol–water partition coefficient (Wildman–Crippen LogP) is 5.00. The SMILES string of the molecule is Cc1ccc(-c2nnco2)cc1NC(=O)/C=C/c1cccc(Cl)c1Cl. The van der Waals surface area contributed by atoms with E-state index in [0.29, 0.717) is 27.2 Å². The van der Waals surface area contributed by atoms with Crippen LogP contribution < -0.4 is 5.32 Å². The highest BCUT2D eigenvalue weighted by atomic mass is 35.5. The Labute approximate surface area is 154 Å². The molecular weight excluding hydrogens is 361 g/mol. The van der Waals surface area contributed by atoms with Gasteiger partial charge in [-0.3, -0.25) is 4.79 Å². The largest absolute Gasteiger partial charge is 0.423 e. The molecule has 1 aromatic heterocycles. The number of nitrogens with one attached hydrogen (secondary N) is 1. The van der Waals surface area contributed by atoms with E-state index in [1.165, 1.54) is 12.5 Å². The van der Waals surface area contributed by atoms with E-state index in [2.05, 4.69) is 15.5 Å². The van der Waals surface area contributed by atoms with Crippen LogP contribution in [0.25, 0.3) is 17.5 Å². The van der Waals surface area contributed by atoms with E-state index in [4.69, 9.17) is 27.6 Å². The van der Waals surface area contributed by atoms with Gasteiger partial charge in [0, 0.05) is 17.3 Å². The molecule has 5 nitrogen and oxygen atoms in total. The highest BCUT2D eigenvalue weighted by molar-refractivity contribution is 6.42. The van der Waals surface area contributed by atoms with Gasteiger partial charge in [-0.2, -0.15) is 0 Å². The van der Waals surface area contributed by atoms with Crippen molar-refractivity contribution in [1.29, 1.82) is 0 Å². The van der Waals surface area contributed by atoms with E-state index in [1.54, 1.807) is 30.3 Å². The van der Waals surface area contributed by atoms with Crippen LogP contribution >= 0.6 is 23.2 Å². The van der Waals surface area contributed by atoms with Gasteiger partial charge in [-0.05, 0) is 42.3 Å². The van der Waals surface area contributed by atoms with Gasteiger partial charge in [-0.15, -0.1) is 10.2 Å². The lowest BCUT2D eigenvalue weighted by Crippen LogP contribution is -2.09. The quantitative estimate of drug-likeness (QED) is 0.653. The lowest BCUT2D eigenvalue weighted by Gasteiger charge is -2.08. The predicted molar refractivity (Wildman–Crippen MR) is 98.6 cm³/mol. The number of carbonyl (C=O) groups is 1. The molecule has 0 aliphatic heterocycles. The maximum absolute atomic E-state index is 12.2.